The van der Waals surface area contributed by atoms with Gasteiger partial charge in [-0.1, -0.05) is 39.4 Å². The fraction of sp³-hybridized carbons (Fsp3) is 0.385. The summed E-state index contributed by atoms with van der Waals surface area (Å²) in [5, 5.41) is 13.7. The minimum absolute atomic E-state index is 0.713. The summed E-state index contributed by atoms with van der Waals surface area (Å²) in [4.78, 5) is 0. The van der Waals surface area contributed by atoms with E-state index >= 15 is 0 Å². The molecule has 2 aromatic rings. The van der Waals surface area contributed by atoms with E-state index in [0.717, 1.165) is 34.0 Å². The second kappa shape index (κ2) is 7.69. The highest BCUT2D eigenvalue weighted by Gasteiger charge is 2.05. The zero-order chi connectivity index (χ0) is 13.5. The third-order valence-electron chi connectivity index (χ3n) is 2.54. The molecule has 2 rings (SSSR count). The summed E-state index contributed by atoms with van der Waals surface area (Å²) in [6, 6.07) is 8.29. The Morgan fingerprint density at radius 3 is 2.68 bits per heavy atom. The van der Waals surface area contributed by atoms with E-state index in [2.05, 4.69) is 43.6 Å². The first-order valence-electron chi connectivity index (χ1n) is 6.03. The van der Waals surface area contributed by atoms with Gasteiger partial charge in [-0.15, -0.1) is 10.2 Å². The average molecular weight is 342 g/mol. The molecule has 1 aromatic heterocycles. The molecule has 0 aliphatic rings. The van der Waals surface area contributed by atoms with Crippen LogP contribution in [0.5, 0.6) is 0 Å². The largest absolute Gasteiger partial charge is 0.383 e. The maximum absolute atomic E-state index is 4.97. The Morgan fingerprint density at radius 1 is 1.21 bits per heavy atom. The maximum Gasteiger partial charge on any atom is 0.131 e. The number of ether oxygens (including phenoxy) is 1. The summed E-state index contributed by atoms with van der Waals surface area (Å²) in [5.41, 5.74) is 1.25. The Labute approximate surface area is 125 Å². The van der Waals surface area contributed by atoms with Gasteiger partial charge in [-0.25, -0.2) is 0 Å². The van der Waals surface area contributed by atoms with Crippen LogP contribution < -0.4 is 5.32 Å². The molecule has 6 heteroatoms. The number of nitrogens with zero attached hydrogens (tertiary/aromatic N) is 2. The van der Waals surface area contributed by atoms with E-state index in [0.29, 0.717) is 6.61 Å². The molecular weight excluding hydrogens is 326 g/mol. The summed E-state index contributed by atoms with van der Waals surface area (Å²) in [6.07, 6.45) is 0.836. The first-order valence-corrected chi connectivity index (χ1v) is 7.64. The zero-order valence-corrected chi connectivity index (χ0v) is 13.1. The molecule has 0 radical (unpaired) electrons. The van der Waals surface area contributed by atoms with Crippen LogP contribution in [0.25, 0.3) is 0 Å². The average Bonchev–Trinajstić information content (AvgIpc) is 2.85. The fourth-order valence-corrected chi connectivity index (χ4v) is 2.69. The standard InChI is InChI=1S/C13H16BrN3OS/c1-18-7-6-15-9-13-17-16-12(19-13)8-10-2-4-11(14)5-3-10/h2-5,15H,6-9H2,1H3. The smallest absolute Gasteiger partial charge is 0.131 e. The SMILES string of the molecule is COCCNCc1nnc(Cc2ccc(Br)cc2)s1. The molecule has 0 saturated heterocycles. The molecule has 19 heavy (non-hydrogen) atoms. The van der Waals surface area contributed by atoms with Crippen molar-refractivity contribution < 1.29 is 4.74 Å². The first kappa shape index (κ1) is 14.6. The predicted octanol–water partition coefficient (Wildman–Crippen LogP) is 2.63. The number of aromatic nitrogens is 2. The summed E-state index contributed by atoms with van der Waals surface area (Å²) < 4.78 is 6.07. The van der Waals surface area contributed by atoms with E-state index in [9.17, 15) is 0 Å². The number of rotatable bonds is 7. The van der Waals surface area contributed by atoms with E-state index in [1.807, 2.05) is 12.1 Å². The van der Waals surface area contributed by atoms with Gasteiger partial charge in [0.15, 0.2) is 0 Å². The zero-order valence-electron chi connectivity index (χ0n) is 10.7. The van der Waals surface area contributed by atoms with Gasteiger partial charge in [0.2, 0.25) is 0 Å². The lowest BCUT2D eigenvalue weighted by molar-refractivity contribution is 0.199. The van der Waals surface area contributed by atoms with Crippen LogP contribution in [-0.2, 0) is 17.7 Å². The number of benzene rings is 1. The predicted molar refractivity (Wildman–Crippen MR) is 80.4 cm³/mol. The summed E-state index contributed by atoms with van der Waals surface area (Å²) in [5.74, 6) is 0. The number of halogens is 1. The van der Waals surface area contributed by atoms with Crippen molar-refractivity contribution in [2.75, 3.05) is 20.3 Å². The molecular formula is C13H16BrN3OS. The van der Waals surface area contributed by atoms with Gasteiger partial charge in [-0.05, 0) is 17.7 Å². The molecule has 0 saturated carbocycles. The van der Waals surface area contributed by atoms with E-state index in [-0.39, 0.29) is 0 Å². The molecule has 0 aliphatic heterocycles. The van der Waals surface area contributed by atoms with Crippen molar-refractivity contribution in [1.82, 2.24) is 15.5 Å². The van der Waals surface area contributed by atoms with Crippen LogP contribution in [0.3, 0.4) is 0 Å². The number of hydrogen-bond donors (Lipinski definition) is 1. The lowest BCUT2D eigenvalue weighted by atomic mass is 10.2. The van der Waals surface area contributed by atoms with Gasteiger partial charge in [0.1, 0.15) is 10.0 Å². The maximum atomic E-state index is 4.97. The Bertz CT molecular complexity index is 501. The van der Waals surface area contributed by atoms with E-state index in [4.69, 9.17) is 4.74 Å². The highest BCUT2D eigenvalue weighted by atomic mass is 79.9. The van der Waals surface area contributed by atoms with Crippen LogP contribution in [-0.4, -0.2) is 30.5 Å². The molecule has 0 bridgehead atoms. The summed E-state index contributed by atoms with van der Waals surface area (Å²) in [7, 11) is 1.70. The molecule has 0 aliphatic carbocycles. The molecule has 0 spiro atoms. The van der Waals surface area contributed by atoms with Crippen molar-refractivity contribution in [3.8, 4) is 0 Å². The minimum Gasteiger partial charge on any atom is -0.383 e. The molecule has 1 aromatic carbocycles. The third kappa shape index (κ3) is 4.99. The highest BCUT2D eigenvalue weighted by Crippen LogP contribution is 2.16. The fourth-order valence-electron chi connectivity index (χ4n) is 1.58. The Morgan fingerprint density at radius 2 is 1.95 bits per heavy atom. The minimum atomic E-state index is 0.713. The van der Waals surface area contributed by atoms with Crippen LogP contribution in [0.15, 0.2) is 28.7 Å². The van der Waals surface area contributed by atoms with Crippen molar-refractivity contribution in [2.24, 2.45) is 0 Å². The molecule has 1 heterocycles. The van der Waals surface area contributed by atoms with E-state index in [1.54, 1.807) is 18.4 Å². The van der Waals surface area contributed by atoms with Gasteiger partial charge < -0.3 is 10.1 Å². The monoisotopic (exact) mass is 341 g/mol. The molecule has 102 valence electrons. The van der Waals surface area contributed by atoms with E-state index in [1.165, 1.54) is 5.56 Å². The quantitative estimate of drug-likeness (QED) is 0.786. The third-order valence-corrected chi connectivity index (χ3v) is 3.99. The van der Waals surface area contributed by atoms with Crippen molar-refractivity contribution in [2.45, 2.75) is 13.0 Å². The lowest BCUT2D eigenvalue weighted by Gasteiger charge is -1.99. The summed E-state index contributed by atoms with van der Waals surface area (Å²) >= 11 is 5.08. The van der Waals surface area contributed by atoms with Gasteiger partial charge in [0.25, 0.3) is 0 Å². The van der Waals surface area contributed by atoms with Crippen LogP contribution in [0.1, 0.15) is 15.6 Å². The first-order chi connectivity index (χ1) is 9.28. The molecule has 0 fully saturated rings. The van der Waals surface area contributed by atoms with Crippen LogP contribution in [0, 0.1) is 0 Å². The van der Waals surface area contributed by atoms with Crippen molar-refractivity contribution in [3.63, 3.8) is 0 Å². The Kier molecular flexibility index (Phi) is 5.91. The molecule has 0 unspecified atom stereocenters. The Balaban J connectivity index is 1.85. The highest BCUT2D eigenvalue weighted by molar-refractivity contribution is 9.10. The van der Waals surface area contributed by atoms with Gasteiger partial charge >= 0.3 is 0 Å². The second-order valence-corrected chi connectivity index (χ2v) is 6.12. The van der Waals surface area contributed by atoms with Crippen LogP contribution in [0.4, 0.5) is 0 Å². The number of nitrogens with one attached hydrogen (secondary N) is 1. The van der Waals surface area contributed by atoms with Crippen molar-refractivity contribution >= 4 is 27.3 Å². The molecule has 4 nitrogen and oxygen atoms in total. The topological polar surface area (TPSA) is 47.0 Å². The second-order valence-electron chi connectivity index (χ2n) is 4.06. The van der Waals surface area contributed by atoms with Crippen molar-refractivity contribution in [3.05, 3.63) is 44.3 Å². The van der Waals surface area contributed by atoms with E-state index < -0.39 is 0 Å². The Hall–Kier alpha value is -0.820. The van der Waals surface area contributed by atoms with Gasteiger partial charge in [0.05, 0.1) is 6.61 Å². The normalized spacial score (nSPS) is 10.8. The van der Waals surface area contributed by atoms with Gasteiger partial charge in [-0.2, -0.15) is 0 Å². The van der Waals surface area contributed by atoms with Crippen LogP contribution in [0.2, 0.25) is 0 Å². The molecule has 0 amide bonds. The molecule has 1 N–H and O–H groups in total. The molecule has 0 atom stereocenters. The lowest BCUT2D eigenvalue weighted by Crippen LogP contribution is -2.18. The van der Waals surface area contributed by atoms with Crippen molar-refractivity contribution in [1.29, 1.82) is 0 Å². The van der Waals surface area contributed by atoms with Gasteiger partial charge in [0, 0.05) is 31.1 Å². The number of methoxy groups -OCH3 is 1. The number of hydrogen-bond acceptors (Lipinski definition) is 5. The summed E-state index contributed by atoms with van der Waals surface area (Å²) in [6.45, 7) is 2.30. The van der Waals surface area contributed by atoms with Gasteiger partial charge in [-0.3, -0.25) is 0 Å². The van der Waals surface area contributed by atoms with Crippen LogP contribution >= 0.6 is 27.3 Å².